The van der Waals surface area contributed by atoms with Crippen LogP contribution in [0.15, 0.2) is 11.6 Å². The first-order valence-corrected chi connectivity index (χ1v) is 10.2. The van der Waals surface area contributed by atoms with Crippen molar-refractivity contribution in [2.24, 2.45) is 10.8 Å². The molecule has 20 heteroatoms. The van der Waals surface area contributed by atoms with Crippen LogP contribution in [0.25, 0.3) is 0 Å². The Morgan fingerprint density at radius 3 is 1.28 bits per heavy atom. The lowest BCUT2D eigenvalue weighted by Gasteiger charge is -2.45. The summed E-state index contributed by atoms with van der Waals surface area (Å²) in [6.45, 7) is 0. The first-order valence-electron chi connectivity index (χ1n) is 10.2. The van der Waals surface area contributed by atoms with E-state index in [0.717, 1.165) is 7.11 Å². The number of hydrogen-bond acceptors (Lipinski definition) is 2. The lowest BCUT2D eigenvalue weighted by atomic mass is 9.65. The number of allylic oxidation sites excluding steroid dienone is 2. The van der Waals surface area contributed by atoms with E-state index in [2.05, 4.69) is 4.74 Å². The summed E-state index contributed by atoms with van der Waals surface area (Å²) in [6.07, 6.45) is -56.4. The maximum Gasteiger partial charge on any atom is 0.421 e. The molecule has 0 aromatic carbocycles. The number of alkyl halides is 18. The van der Waals surface area contributed by atoms with Gasteiger partial charge in [-0.25, -0.2) is 0 Å². The first-order chi connectivity index (χ1) is 17.0. The zero-order valence-corrected chi connectivity index (χ0v) is 19.1. The molecule has 0 aromatic heterocycles. The average molecular weight is 620 g/mol. The quantitative estimate of drug-likeness (QED) is 0.105. The fourth-order valence-electron chi connectivity index (χ4n) is 3.51. The van der Waals surface area contributed by atoms with E-state index in [1.54, 1.807) is 0 Å². The van der Waals surface area contributed by atoms with E-state index in [1.807, 2.05) is 0 Å². The van der Waals surface area contributed by atoms with Gasteiger partial charge in [0.15, 0.2) is 10.8 Å². The van der Waals surface area contributed by atoms with Crippen molar-refractivity contribution < 1.29 is 88.6 Å². The lowest BCUT2D eigenvalue weighted by molar-refractivity contribution is -0.387. The third-order valence-electron chi connectivity index (χ3n) is 5.64. The monoisotopic (exact) mass is 620 g/mol. The van der Waals surface area contributed by atoms with Crippen LogP contribution in [0.4, 0.5) is 79.0 Å². The molecule has 0 aliphatic carbocycles. The van der Waals surface area contributed by atoms with Crippen molar-refractivity contribution in [2.75, 3.05) is 7.11 Å². The molecule has 0 heterocycles. The minimum absolute atomic E-state index is 0.254. The Morgan fingerprint density at radius 1 is 0.590 bits per heavy atom. The fraction of sp³-hybridized carbons (Fsp3) is 0.842. The molecule has 39 heavy (non-hydrogen) atoms. The molecule has 0 bridgehead atoms. The second-order valence-corrected chi connectivity index (χ2v) is 8.27. The van der Waals surface area contributed by atoms with E-state index in [-0.39, 0.29) is 6.42 Å². The summed E-state index contributed by atoms with van der Waals surface area (Å²) < 4.78 is 245. The van der Waals surface area contributed by atoms with E-state index in [0.29, 0.717) is 0 Å². The highest BCUT2D eigenvalue weighted by molar-refractivity contribution is 5.68. The molecule has 0 radical (unpaired) electrons. The molecule has 0 saturated heterocycles. The van der Waals surface area contributed by atoms with E-state index < -0.39 is 104 Å². The Hall–Kier alpha value is -2.05. The molecule has 232 valence electrons. The third-order valence-corrected chi connectivity index (χ3v) is 5.64. The van der Waals surface area contributed by atoms with Crippen LogP contribution < -0.4 is 0 Å². The summed E-state index contributed by atoms with van der Waals surface area (Å²) in [7, 11) is 0.911. The van der Waals surface area contributed by atoms with Gasteiger partial charge in [-0.3, -0.25) is 4.79 Å². The van der Waals surface area contributed by atoms with Crippen molar-refractivity contribution in [2.45, 2.75) is 82.0 Å². The van der Waals surface area contributed by atoms with Crippen LogP contribution in [0.2, 0.25) is 0 Å². The van der Waals surface area contributed by atoms with Crippen molar-refractivity contribution in [3.05, 3.63) is 11.6 Å². The van der Waals surface area contributed by atoms with E-state index >= 15 is 0 Å². The molecule has 0 aromatic rings. The van der Waals surface area contributed by atoms with Crippen LogP contribution in [0.5, 0.6) is 0 Å². The molecule has 0 aliphatic heterocycles. The predicted octanol–water partition coefficient (Wildman–Crippen LogP) is 9.16. The minimum atomic E-state index is -7.56. The fourth-order valence-corrected chi connectivity index (χ4v) is 3.51. The van der Waals surface area contributed by atoms with E-state index in [9.17, 15) is 83.8 Å². The molecule has 0 fully saturated rings. The highest BCUT2D eigenvalue weighted by atomic mass is 19.4. The summed E-state index contributed by atoms with van der Waals surface area (Å²) in [4.78, 5) is 10.9. The third kappa shape index (κ3) is 8.72. The number of ether oxygens (including phenoxy) is 1. The zero-order valence-electron chi connectivity index (χ0n) is 19.1. The Balaban J connectivity index is 7.19. The highest BCUT2D eigenvalue weighted by Crippen LogP contribution is 2.66. The molecular formula is C19H18F18O2. The van der Waals surface area contributed by atoms with Crippen molar-refractivity contribution in [1.29, 1.82) is 0 Å². The van der Waals surface area contributed by atoms with Gasteiger partial charge in [-0.1, -0.05) is 19.3 Å². The summed E-state index contributed by atoms with van der Waals surface area (Å²) in [5.41, 5.74) is -17.6. The molecule has 0 spiro atoms. The normalized spacial score (nSPS) is 14.8. The SMILES string of the molecule is COC(=O)CCCCCCC(CC(C=C(C(F)(F)F)C(F)(F)F)(C(F)(F)F)C(F)(F)F)(C(F)(F)F)C(F)(F)F. The standard InChI is InChI=1S/C19H18F18O2/c1-39-11(38)6-4-2-3-5-7-12(16(26,27)28,17(29,30)31)9-13(18(32,33)34,19(35,36)37)8-10(14(20,21)22)15(23,24)25/h8H,2-7,9H2,1H3. The van der Waals surface area contributed by atoms with Crippen LogP contribution in [0.1, 0.15) is 44.9 Å². The lowest BCUT2D eigenvalue weighted by Crippen LogP contribution is -2.59. The first kappa shape index (κ1) is 36.9. The predicted molar refractivity (Wildman–Crippen MR) is 93.6 cm³/mol. The van der Waals surface area contributed by atoms with E-state index in [1.165, 1.54) is 0 Å². The van der Waals surface area contributed by atoms with Gasteiger partial charge in [0.05, 0.1) is 7.11 Å². The van der Waals surface area contributed by atoms with Gasteiger partial charge < -0.3 is 4.74 Å². The average Bonchev–Trinajstić information content (AvgIpc) is 2.65. The van der Waals surface area contributed by atoms with Crippen LogP contribution >= 0.6 is 0 Å². The Morgan fingerprint density at radius 2 is 0.974 bits per heavy atom. The van der Waals surface area contributed by atoms with Crippen molar-refractivity contribution in [1.82, 2.24) is 0 Å². The molecule has 0 rings (SSSR count). The number of unbranched alkanes of at least 4 members (excludes halogenated alkanes) is 3. The number of hydrogen-bond donors (Lipinski definition) is 0. The van der Waals surface area contributed by atoms with Crippen molar-refractivity contribution >= 4 is 5.97 Å². The number of carbonyl (C=O) groups excluding carboxylic acids is 1. The summed E-state index contributed by atoms with van der Waals surface area (Å²) in [5, 5.41) is 0. The van der Waals surface area contributed by atoms with Gasteiger partial charge in [0.2, 0.25) is 0 Å². The van der Waals surface area contributed by atoms with Gasteiger partial charge in [-0.15, -0.1) is 0 Å². The maximum atomic E-state index is 13.7. The minimum Gasteiger partial charge on any atom is -0.469 e. The van der Waals surface area contributed by atoms with Crippen LogP contribution in [0.3, 0.4) is 0 Å². The topological polar surface area (TPSA) is 26.3 Å². The van der Waals surface area contributed by atoms with Gasteiger partial charge in [-0.05, 0) is 25.3 Å². The van der Waals surface area contributed by atoms with Gasteiger partial charge in [-0.2, -0.15) is 79.0 Å². The Kier molecular flexibility index (Phi) is 11.2. The molecule has 0 aliphatic rings. The molecule has 0 atom stereocenters. The van der Waals surface area contributed by atoms with Crippen LogP contribution in [-0.2, 0) is 9.53 Å². The summed E-state index contributed by atoms with van der Waals surface area (Å²) >= 11 is 0. The van der Waals surface area contributed by atoms with Gasteiger partial charge in [0.1, 0.15) is 5.57 Å². The highest BCUT2D eigenvalue weighted by Gasteiger charge is 2.80. The van der Waals surface area contributed by atoms with Gasteiger partial charge in [0, 0.05) is 6.42 Å². The number of methoxy groups -OCH3 is 1. The van der Waals surface area contributed by atoms with Crippen LogP contribution in [0, 0.1) is 10.8 Å². The van der Waals surface area contributed by atoms with Crippen LogP contribution in [-0.4, -0.2) is 50.1 Å². The number of carbonyl (C=O) groups is 1. The summed E-state index contributed by atoms with van der Waals surface area (Å²) in [5.74, 6) is -0.882. The smallest absolute Gasteiger partial charge is 0.421 e. The summed E-state index contributed by atoms with van der Waals surface area (Å²) in [6, 6.07) is 0. The molecule has 0 saturated carbocycles. The zero-order chi connectivity index (χ0) is 31.5. The van der Waals surface area contributed by atoms with Crippen molar-refractivity contribution in [3.8, 4) is 0 Å². The largest absolute Gasteiger partial charge is 0.469 e. The second kappa shape index (κ2) is 11.8. The number of esters is 1. The van der Waals surface area contributed by atoms with Gasteiger partial charge in [0.25, 0.3) is 0 Å². The molecule has 0 amide bonds. The molecular weight excluding hydrogens is 602 g/mol. The molecule has 0 unspecified atom stereocenters. The van der Waals surface area contributed by atoms with Crippen molar-refractivity contribution in [3.63, 3.8) is 0 Å². The van der Waals surface area contributed by atoms with E-state index in [4.69, 9.17) is 0 Å². The Bertz CT molecular complexity index is 791. The van der Waals surface area contributed by atoms with Gasteiger partial charge >= 0.3 is 43.0 Å². The Labute approximate surface area is 207 Å². The number of rotatable bonds is 10. The molecule has 2 nitrogen and oxygen atoms in total. The second-order valence-electron chi connectivity index (χ2n) is 8.27. The number of halogens is 18. The molecule has 0 N–H and O–H groups in total. The maximum absolute atomic E-state index is 13.7.